The number of carbonyl (C=O) groups excluding carboxylic acids is 1. The minimum atomic E-state index is -0.0000254. The van der Waals surface area contributed by atoms with Crippen molar-refractivity contribution in [3.63, 3.8) is 0 Å². The summed E-state index contributed by atoms with van der Waals surface area (Å²) >= 11 is 0. The van der Waals surface area contributed by atoms with Gasteiger partial charge in [0.05, 0.1) is 6.34 Å². The van der Waals surface area contributed by atoms with E-state index >= 15 is 0 Å². The highest BCUT2D eigenvalue weighted by Gasteiger charge is 2.40. The SMILES string of the molecule is CC1CC(N2CCN(c3cccc(C(=N)N(C=N)C(C)C)n3)C2=O)C1. The quantitative estimate of drug-likeness (QED) is 0.637. The van der Waals surface area contributed by atoms with Gasteiger partial charge in [-0.3, -0.25) is 15.7 Å². The number of rotatable bonds is 5. The Morgan fingerprint density at radius 2 is 2.08 bits per heavy atom. The Hall–Kier alpha value is -2.44. The Kier molecular flexibility index (Phi) is 4.74. The number of hydrogen-bond acceptors (Lipinski definition) is 4. The number of nitrogens with one attached hydrogen (secondary N) is 2. The maximum Gasteiger partial charge on any atom is 0.326 e. The predicted molar refractivity (Wildman–Crippen MR) is 98.5 cm³/mol. The van der Waals surface area contributed by atoms with Crippen molar-refractivity contribution in [3.8, 4) is 0 Å². The molecular weight excluding hydrogens is 316 g/mol. The molecule has 2 N–H and O–H groups in total. The van der Waals surface area contributed by atoms with Crippen molar-refractivity contribution in [3.05, 3.63) is 23.9 Å². The molecule has 1 aliphatic carbocycles. The number of aromatic nitrogens is 1. The summed E-state index contributed by atoms with van der Waals surface area (Å²) in [6.45, 7) is 7.43. The van der Waals surface area contributed by atoms with Crippen molar-refractivity contribution in [2.75, 3.05) is 18.0 Å². The average molecular weight is 342 g/mol. The molecule has 0 atom stereocenters. The van der Waals surface area contributed by atoms with Crippen LogP contribution in [0.25, 0.3) is 0 Å². The third-order valence-electron chi connectivity index (χ3n) is 5.04. The number of carbonyl (C=O) groups is 1. The molecule has 1 aromatic heterocycles. The summed E-state index contributed by atoms with van der Waals surface area (Å²) in [7, 11) is 0. The maximum atomic E-state index is 12.7. The molecule has 2 aliphatic rings. The highest BCUT2D eigenvalue weighted by Crippen LogP contribution is 2.34. The molecule has 1 aromatic rings. The second kappa shape index (κ2) is 6.82. The van der Waals surface area contributed by atoms with Crippen LogP contribution in [0.1, 0.15) is 39.3 Å². The van der Waals surface area contributed by atoms with Crippen molar-refractivity contribution in [2.45, 2.75) is 45.7 Å². The second-order valence-corrected chi connectivity index (χ2v) is 7.22. The van der Waals surface area contributed by atoms with Crippen molar-refractivity contribution in [2.24, 2.45) is 5.92 Å². The van der Waals surface area contributed by atoms with Crippen molar-refractivity contribution in [1.82, 2.24) is 14.8 Å². The van der Waals surface area contributed by atoms with Gasteiger partial charge in [-0.05, 0) is 44.7 Å². The molecule has 1 saturated carbocycles. The molecule has 2 heterocycles. The lowest BCUT2D eigenvalue weighted by molar-refractivity contribution is 0.126. The predicted octanol–water partition coefficient (Wildman–Crippen LogP) is 2.76. The molecule has 0 spiro atoms. The molecule has 0 aromatic carbocycles. The fraction of sp³-hybridized carbons (Fsp3) is 0.556. The summed E-state index contributed by atoms with van der Waals surface area (Å²) in [5.74, 6) is 1.45. The van der Waals surface area contributed by atoms with Gasteiger partial charge in [0.2, 0.25) is 0 Å². The van der Waals surface area contributed by atoms with Crippen LogP contribution in [0, 0.1) is 16.7 Å². The zero-order valence-electron chi connectivity index (χ0n) is 15.1. The number of amides is 2. The Morgan fingerprint density at radius 1 is 1.36 bits per heavy atom. The van der Waals surface area contributed by atoms with Crippen LogP contribution in [0.5, 0.6) is 0 Å². The molecule has 1 aliphatic heterocycles. The first kappa shape index (κ1) is 17.4. The maximum absolute atomic E-state index is 12.7. The van der Waals surface area contributed by atoms with Crippen LogP contribution in [-0.4, -0.2) is 58.2 Å². The topological polar surface area (TPSA) is 87.4 Å². The Bertz CT molecular complexity index is 682. The Morgan fingerprint density at radius 3 is 2.68 bits per heavy atom. The summed E-state index contributed by atoms with van der Waals surface area (Å²) in [4.78, 5) is 22.5. The van der Waals surface area contributed by atoms with Crippen LogP contribution < -0.4 is 4.90 Å². The number of anilines is 1. The summed E-state index contributed by atoms with van der Waals surface area (Å²) < 4.78 is 0. The molecule has 1 saturated heterocycles. The van der Waals surface area contributed by atoms with Crippen LogP contribution in [-0.2, 0) is 0 Å². The Balaban J connectivity index is 1.77. The second-order valence-electron chi connectivity index (χ2n) is 7.22. The molecule has 7 heteroatoms. The van der Waals surface area contributed by atoms with Crippen molar-refractivity contribution in [1.29, 1.82) is 10.8 Å². The smallest absolute Gasteiger partial charge is 0.320 e. The van der Waals surface area contributed by atoms with Crippen LogP contribution in [0.15, 0.2) is 18.2 Å². The fourth-order valence-electron chi connectivity index (χ4n) is 3.53. The van der Waals surface area contributed by atoms with Gasteiger partial charge in [0.15, 0.2) is 5.84 Å². The summed E-state index contributed by atoms with van der Waals surface area (Å²) in [5, 5.41) is 15.8. The van der Waals surface area contributed by atoms with E-state index in [0.29, 0.717) is 30.0 Å². The number of hydrogen-bond donors (Lipinski definition) is 2. The van der Waals surface area contributed by atoms with Crippen molar-refractivity contribution < 1.29 is 4.79 Å². The van der Waals surface area contributed by atoms with E-state index in [1.165, 1.54) is 0 Å². The van der Waals surface area contributed by atoms with Gasteiger partial charge in [-0.25, -0.2) is 9.78 Å². The lowest BCUT2D eigenvalue weighted by atomic mass is 9.81. The van der Waals surface area contributed by atoms with Gasteiger partial charge in [0.25, 0.3) is 0 Å². The summed E-state index contributed by atoms with van der Waals surface area (Å²) in [6.07, 6.45) is 3.31. The molecule has 2 amide bonds. The highest BCUT2D eigenvalue weighted by molar-refractivity contribution is 6.01. The van der Waals surface area contributed by atoms with Crippen LogP contribution in [0.4, 0.5) is 10.6 Å². The molecule has 0 unspecified atom stereocenters. The van der Waals surface area contributed by atoms with Gasteiger partial charge in [-0.15, -0.1) is 0 Å². The summed E-state index contributed by atoms with van der Waals surface area (Å²) in [6, 6.07) is 5.75. The van der Waals surface area contributed by atoms with Gasteiger partial charge in [-0.2, -0.15) is 0 Å². The number of urea groups is 1. The van der Waals surface area contributed by atoms with E-state index in [1.807, 2.05) is 30.9 Å². The molecule has 0 radical (unpaired) electrons. The van der Waals surface area contributed by atoms with E-state index in [-0.39, 0.29) is 17.9 Å². The molecule has 2 fully saturated rings. The Labute approximate surface area is 148 Å². The fourth-order valence-corrected chi connectivity index (χ4v) is 3.53. The van der Waals surface area contributed by atoms with Gasteiger partial charge >= 0.3 is 6.03 Å². The monoisotopic (exact) mass is 342 g/mol. The molecular formula is C18H26N6O. The number of pyridine rings is 1. The van der Waals surface area contributed by atoms with E-state index in [0.717, 1.165) is 25.7 Å². The molecule has 25 heavy (non-hydrogen) atoms. The van der Waals surface area contributed by atoms with Gasteiger partial charge in [-0.1, -0.05) is 13.0 Å². The minimum Gasteiger partial charge on any atom is -0.320 e. The normalized spacial score (nSPS) is 23.0. The van der Waals surface area contributed by atoms with Gasteiger partial charge < -0.3 is 9.80 Å². The zero-order chi connectivity index (χ0) is 18.1. The molecule has 7 nitrogen and oxygen atoms in total. The lowest BCUT2D eigenvalue weighted by Crippen LogP contribution is -2.46. The van der Waals surface area contributed by atoms with Crippen LogP contribution >= 0.6 is 0 Å². The third kappa shape index (κ3) is 3.23. The third-order valence-corrected chi connectivity index (χ3v) is 5.04. The average Bonchev–Trinajstić information content (AvgIpc) is 2.93. The first-order chi connectivity index (χ1) is 11.9. The minimum absolute atomic E-state index is 0.0000254. The van der Waals surface area contributed by atoms with E-state index in [2.05, 4.69) is 11.9 Å². The molecule has 0 bridgehead atoms. The van der Waals surface area contributed by atoms with Gasteiger partial charge in [0, 0.05) is 25.2 Å². The van der Waals surface area contributed by atoms with E-state index in [9.17, 15) is 4.79 Å². The zero-order valence-corrected chi connectivity index (χ0v) is 15.1. The standard InChI is InChI=1S/C18H26N6O/c1-12(2)24(11-19)17(20)15-5-4-6-16(21-15)23-8-7-22(18(23)25)14-9-13(3)10-14/h4-6,11-14,19-20H,7-10H2,1-3H3. The first-order valence-electron chi connectivity index (χ1n) is 8.85. The van der Waals surface area contributed by atoms with Gasteiger partial charge in [0.1, 0.15) is 11.5 Å². The largest absolute Gasteiger partial charge is 0.326 e. The van der Waals surface area contributed by atoms with Crippen LogP contribution in [0.2, 0.25) is 0 Å². The number of nitrogens with zero attached hydrogens (tertiary/aromatic N) is 4. The first-order valence-corrected chi connectivity index (χ1v) is 8.85. The molecule has 134 valence electrons. The van der Waals surface area contributed by atoms with Crippen molar-refractivity contribution >= 4 is 24.0 Å². The summed E-state index contributed by atoms with van der Waals surface area (Å²) in [5.41, 5.74) is 0.471. The highest BCUT2D eigenvalue weighted by atomic mass is 16.2. The van der Waals surface area contributed by atoms with E-state index in [4.69, 9.17) is 10.8 Å². The molecule has 3 rings (SSSR count). The van der Waals surface area contributed by atoms with Crippen LogP contribution in [0.3, 0.4) is 0 Å². The lowest BCUT2D eigenvalue weighted by Gasteiger charge is -2.39. The van der Waals surface area contributed by atoms with E-state index in [1.54, 1.807) is 15.9 Å². The van der Waals surface area contributed by atoms with E-state index < -0.39 is 0 Å². The number of amidine groups is 1.